The molecule has 0 saturated heterocycles. The Bertz CT molecular complexity index is 905. The van der Waals surface area contributed by atoms with Crippen LogP contribution in [0.1, 0.15) is 10.6 Å². The number of hydrogen-bond acceptors (Lipinski definition) is 5. The van der Waals surface area contributed by atoms with E-state index in [1.165, 1.54) is 11.3 Å². The van der Waals surface area contributed by atoms with Crippen LogP contribution in [0.25, 0.3) is 11.4 Å². The van der Waals surface area contributed by atoms with E-state index in [0.717, 1.165) is 22.0 Å². The number of nitrogens with zero attached hydrogens (tertiary/aromatic N) is 2. The molecule has 0 spiro atoms. The quantitative estimate of drug-likeness (QED) is 0.734. The van der Waals surface area contributed by atoms with E-state index in [1.807, 2.05) is 30.5 Å². The molecule has 1 N–H and O–H groups in total. The minimum atomic E-state index is -3.48. The molecule has 7 heteroatoms. The highest BCUT2D eigenvalue weighted by Gasteiger charge is 2.13. The van der Waals surface area contributed by atoms with Gasteiger partial charge in [0, 0.05) is 24.5 Å². The van der Waals surface area contributed by atoms with Gasteiger partial charge in [0.2, 0.25) is 10.0 Å². The zero-order valence-electron chi connectivity index (χ0n) is 13.1. The van der Waals surface area contributed by atoms with Crippen molar-refractivity contribution in [3.8, 4) is 11.4 Å². The Morgan fingerprint density at radius 1 is 1.08 bits per heavy atom. The Hall–Kier alpha value is -2.09. The molecular formula is C17H17N3O2S2. The van der Waals surface area contributed by atoms with Gasteiger partial charge >= 0.3 is 0 Å². The van der Waals surface area contributed by atoms with Gasteiger partial charge < -0.3 is 0 Å². The van der Waals surface area contributed by atoms with Crippen LogP contribution in [0.4, 0.5) is 0 Å². The highest BCUT2D eigenvalue weighted by atomic mass is 32.2. The van der Waals surface area contributed by atoms with Gasteiger partial charge in [-0.1, -0.05) is 23.8 Å². The Morgan fingerprint density at radius 3 is 2.58 bits per heavy atom. The molecule has 0 radical (unpaired) electrons. The van der Waals surface area contributed by atoms with Crippen molar-refractivity contribution in [2.75, 3.05) is 6.54 Å². The molecule has 0 saturated carbocycles. The summed E-state index contributed by atoms with van der Waals surface area (Å²) in [5.74, 6) is 0. The van der Waals surface area contributed by atoms with Crippen LogP contribution in [0, 0.1) is 6.92 Å². The monoisotopic (exact) mass is 359 g/mol. The molecule has 2 heterocycles. The van der Waals surface area contributed by atoms with Gasteiger partial charge in [0.15, 0.2) is 0 Å². The van der Waals surface area contributed by atoms with E-state index in [4.69, 9.17) is 0 Å². The molecule has 0 fully saturated rings. The average Bonchev–Trinajstić information content (AvgIpc) is 3.05. The van der Waals surface area contributed by atoms with Crippen molar-refractivity contribution in [1.82, 2.24) is 14.7 Å². The molecule has 5 nitrogen and oxygen atoms in total. The number of rotatable bonds is 6. The Balaban J connectivity index is 1.60. The number of nitrogens with one attached hydrogen (secondary N) is 1. The Labute approximate surface area is 145 Å². The fourth-order valence-electron chi connectivity index (χ4n) is 2.15. The van der Waals surface area contributed by atoms with Crippen LogP contribution in [0.3, 0.4) is 0 Å². The van der Waals surface area contributed by atoms with Gasteiger partial charge in [0.25, 0.3) is 0 Å². The molecular weight excluding hydrogens is 342 g/mol. The number of benzene rings is 1. The zero-order valence-corrected chi connectivity index (χ0v) is 14.8. The van der Waals surface area contributed by atoms with Crippen LogP contribution in [-0.4, -0.2) is 24.9 Å². The van der Waals surface area contributed by atoms with Crippen LogP contribution in [0.15, 0.2) is 58.9 Å². The van der Waals surface area contributed by atoms with Gasteiger partial charge in [-0.25, -0.2) is 18.1 Å². The third-order valence-corrected chi connectivity index (χ3v) is 5.83. The second-order valence-corrected chi connectivity index (χ2v) is 8.01. The number of aryl methyl sites for hydroxylation is 1. The summed E-state index contributed by atoms with van der Waals surface area (Å²) in [4.78, 5) is 9.05. The molecule has 0 atom stereocenters. The molecule has 124 valence electrons. The van der Waals surface area contributed by atoms with Crippen molar-refractivity contribution in [1.29, 1.82) is 0 Å². The van der Waals surface area contributed by atoms with Gasteiger partial charge in [-0.05, 0) is 31.2 Å². The topological polar surface area (TPSA) is 72.0 Å². The number of hydrogen-bond donors (Lipinski definition) is 1. The van der Waals surface area contributed by atoms with Gasteiger partial charge in [-0.3, -0.25) is 4.98 Å². The summed E-state index contributed by atoms with van der Waals surface area (Å²) in [6.45, 7) is 2.23. The Kier molecular flexibility index (Phi) is 5.03. The van der Waals surface area contributed by atoms with Crippen LogP contribution in [-0.2, 0) is 16.4 Å². The molecule has 0 aliphatic rings. The highest BCUT2D eigenvalue weighted by Crippen LogP contribution is 2.20. The fraction of sp³-hybridized carbons (Fsp3) is 0.176. The summed E-state index contributed by atoms with van der Waals surface area (Å²) in [5, 5.41) is 2.81. The maximum absolute atomic E-state index is 12.2. The van der Waals surface area contributed by atoms with Crippen molar-refractivity contribution in [2.24, 2.45) is 0 Å². The summed E-state index contributed by atoms with van der Waals surface area (Å²) in [6.07, 6.45) is 2.27. The van der Waals surface area contributed by atoms with Crippen molar-refractivity contribution in [3.63, 3.8) is 0 Å². The molecule has 3 rings (SSSR count). The van der Waals surface area contributed by atoms with Crippen LogP contribution in [0.2, 0.25) is 0 Å². The first-order valence-electron chi connectivity index (χ1n) is 7.47. The Morgan fingerprint density at radius 2 is 1.88 bits per heavy atom. The molecule has 0 amide bonds. The van der Waals surface area contributed by atoms with E-state index in [-0.39, 0.29) is 4.90 Å². The van der Waals surface area contributed by atoms with Crippen molar-refractivity contribution in [3.05, 3.63) is 64.6 Å². The zero-order chi connectivity index (χ0) is 17.0. The standard InChI is InChI=1S/C17H17N3O2S2/c1-13-5-7-14(8-6-13)24(21,22)19-11-9-17-20-16(12-23-17)15-4-2-3-10-18-15/h2-8,10,12,19H,9,11H2,1H3. The van der Waals surface area contributed by atoms with E-state index >= 15 is 0 Å². The van der Waals surface area contributed by atoms with E-state index < -0.39 is 10.0 Å². The number of thiazole rings is 1. The van der Waals surface area contributed by atoms with Crippen molar-refractivity contribution >= 4 is 21.4 Å². The molecule has 0 aliphatic heterocycles. The lowest BCUT2D eigenvalue weighted by molar-refractivity contribution is 0.581. The van der Waals surface area contributed by atoms with Crippen molar-refractivity contribution in [2.45, 2.75) is 18.2 Å². The maximum Gasteiger partial charge on any atom is 0.240 e. The van der Waals surface area contributed by atoms with Crippen LogP contribution < -0.4 is 4.72 Å². The summed E-state index contributed by atoms with van der Waals surface area (Å²) >= 11 is 1.51. The molecule has 3 aromatic rings. The predicted molar refractivity (Wildman–Crippen MR) is 95.4 cm³/mol. The second kappa shape index (κ2) is 7.21. The first-order chi connectivity index (χ1) is 11.5. The minimum absolute atomic E-state index is 0.279. The lowest BCUT2D eigenvalue weighted by Crippen LogP contribution is -2.25. The van der Waals surface area contributed by atoms with E-state index in [2.05, 4.69) is 14.7 Å². The first kappa shape index (κ1) is 16.8. The van der Waals surface area contributed by atoms with E-state index in [1.54, 1.807) is 30.5 Å². The number of pyridine rings is 1. The second-order valence-electron chi connectivity index (χ2n) is 5.30. The predicted octanol–water partition coefficient (Wildman–Crippen LogP) is 3.03. The average molecular weight is 359 g/mol. The van der Waals surface area contributed by atoms with E-state index in [9.17, 15) is 8.42 Å². The SMILES string of the molecule is Cc1ccc(S(=O)(=O)NCCc2nc(-c3ccccn3)cs2)cc1. The molecule has 1 aromatic carbocycles. The van der Waals surface area contributed by atoms with Crippen LogP contribution in [0.5, 0.6) is 0 Å². The van der Waals surface area contributed by atoms with Gasteiger partial charge in [0.05, 0.1) is 21.3 Å². The summed E-state index contributed by atoms with van der Waals surface area (Å²) in [5.41, 5.74) is 2.66. The highest BCUT2D eigenvalue weighted by molar-refractivity contribution is 7.89. The minimum Gasteiger partial charge on any atom is -0.255 e. The van der Waals surface area contributed by atoms with E-state index in [0.29, 0.717) is 13.0 Å². The van der Waals surface area contributed by atoms with Gasteiger partial charge in [0.1, 0.15) is 0 Å². The van der Waals surface area contributed by atoms with Gasteiger partial charge in [-0.15, -0.1) is 11.3 Å². The largest absolute Gasteiger partial charge is 0.255 e. The lowest BCUT2D eigenvalue weighted by atomic mass is 10.2. The molecule has 24 heavy (non-hydrogen) atoms. The lowest BCUT2D eigenvalue weighted by Gasteiger charge is -2.06. The first-order valence-corrected chi connectivity index (χ1v) is 9.83. The smallest absolute Gasteiger partial charge is 0.240 e. The normalized spacial score (nSPS) is 11.5. The summed E-state index contributed by atoms with van der Waals surface area (Å²) in [6, 6.07) is 12.5. The molecule has 0 aliphatic carbocycles. The molecule has 2 aromatic heterocycles. The summed E-state index contributed by atoms with van der Waals surface area (Å²) in [7, 11) is -3.48. The molecule has 0 bridgehead atoms. The van der Waals surface area contributed by atoms with Crippen LogP contribution >= 0.6 is 11.3 Å². The fourth-order valence-corrected chi connectivity index (χ4v) is 3.97. The third-order valence-electron chi connectivity index (χ3n) is 3.44. The summed E-state index contributed by atoms with van der Waals surface area (Å²) < 4.78 is 27.1. The number of sulfonamides is 1. The van der Waals surface area contributed by atoms with Crippen molar-refractivity contribution < 1.29 is 8.42 Å². The van der Waals surface area contributed by atoms with Gasteiger partial charge in [-0.2, -0.15) is 0 Å². The number of aromatic nitrogens is 2. The maximum atomic E-state index is 12.2. The third kappa shape index (κ3) is 4.05. The molecule has 0 unspecified atom stereocenters.